The second-order valence-corrected chi connectivity index (χ2v) is 8.40. The highest BCUT2D eigenvalue weighted by Crippen LogP contribution is 2.23. The Kier molecular flexibility index (Phi) is 5.53. The Hall–Kier alpha value is -4.14. The zero-order valence-corrected chi connectivity index (χ0v) is 19.4. The first-order chi connectivity index (χ1) is 16.5. The summed E-state index contributed by atoms with van der Waals surface area (Å²) < 4.78 is 7.84. The molecule has 1 amide bonds. The topological polar surface area (TPSA) is 85.5 Å². The molecule has 2 aromatic heterocycles. The van der Waals surface area contributed by atoms with E-state index in [9.17, 15) is 9.59 Å². The van der Waals surface area contributed by atoms with E-state index in [0.717, 1.165) is 11.3 Å². The fourth-order valence-electron chi connectivity index (χ4n) is 4.25. The van der Waals surface area contributed by atoms with Gasteiger partial charge in [-0.2, -0.15) is 0 Å². The van der Waals surface area contributed by atoms with E-state index in [4.69, 9.17) is 4.74 Å². The SMILES string of the molecule is COc1cccc(-c2ncc3c(n2)n(C)c(=O)n3C(=O)N2CCN(c3ccc(C)cc3)CC2)c1. The van der Waals surface area contributed by atoms with E-state index in [0.29, 0.717) is 48.9 Å². The predicted octanol–water partition coefficient (Wildman–Crippen LogP) is 2.90. The first-order valence-electron chi connectivity index (χ1n) is 11.2. The van der Waals surface area contributed by atoms with Gasteiger partial charge in [-0.1, -0.05) is 29.8 Å². The molecule has 0 atom stereocenters. The smallest absolute Gasteiger partial charge is 0.338 e. The molecule has 0 N–H and O–H groups in total. The molecule has 4 aromatic rings. The summed E-state index contributed by atoms with van der Waals surface area (Å²) in [7, 11) is 3.21. The van der Waals surface area contributed by atoms with Crippen molar-refractivity contribution in [3.05, 3.63) is 70.8 Å². The number of hydrogen-bond donors (Lipinski definition) is 0. The summed E-state index contributed by atoms with van der Waals surface area (Å²) in [5.74, 6) is 1.14. The Bertz CT molecular complexity index is 1420. The molecule has 3 heterocycles. The van der Waals surface area contributed by atoms with Crippen molar-refractivity contribution < 1.29 is 9.53 Å². The third kappa shape index (κ3) is 3.79. The highest BCUT2D eigenvalue weighted by Gasteiger charge is 2.27. The van der Waals surface area contributed by atoms with Crippen LogP contribution < -0.4 is 15.3 Å². The van der Waals surface area contributed by atoms with Crippen LogP contribution in [0.15, 0.2) is 59.5 Å². The van der Waals surface area contributed by atoms with E-state index in [1.807, 2.05) is 24.3 Å². The van der Waals surface area contributed by atoms with Crippen molar-refractivity contribution in [3.63, 3.8) is 0 Å². The average Bonchev–Trinajstić information content (AvgIpc) is 3.13. The summed E-state index contributed by atoms with van der Waals surface area (Å²) in [5.41, 5.74) is 3.48. The van der Waals surface area contributed by atoms with Crippen molar-refractivity contribution in [2.45, 2.75) is 6.92 Å². The highest BCUT2D eigenvalue weighted by molar-refractivity contribution is 5.88. The lowest BCUT2D eigenvalue weighted by molar-refractivity contribution is 0.196. The van der Waals surface area contributed by atoms with Crippen molar-refractivity contribution in [2.24, 2.45) is 7.05 Å². The number of piperazine rings is 1. The van der Waals surface area contributed by atoms with Crippen molar-refractivity contribution in [1.29, 1.82) is 0 Å². The molecule has 2 aromatic carbocycles. The minimum atomic E-state index is -0.432. The normalized spacial score (nSPS) is 14.0. The van der Waals surface area contributed by atoms with Crippen LogP contribution in [0.2, 0.25) is 0 Å². The maximum absolute atomic E-state index is 13.4. The molecule has 0 radical (unpaired) electrons. The minimum absolute atomic E-state index is 0.350. The van der Waals surface area contributed by atoms with Crippen LogP contribution >= 0.6 is 0 Å². The van der Waals surface area contributed by atoms with Gasteiger partial charge in [0.2, 0.25) is 0 Å². The number of benzene rings is 2. The monoisotopic (exact) mass is 458 g/mol. The van der Waals surface area contributed by atoms with Gasteiger partial charge in [0.15, 0.2) is 11.5 Å². The van der Waals surface area contributed by atoms with Crippen molar-refractivity contribution in [2.75, 3.05) is 38.2 Å². The molecule has 9 nitrogen and oxygen atoms in total. The molecule has 0 aliphatic carbocycles. The fourth-order valence-corrected chi connectivity index (χ4v) is 4.25. The van der Waals surface area contributed by atoms with Crippen LogP contribution in [0.1, 0.15) is 5.56 Å². The number of anilines is 1. The van der Waals surface area contributed by atoms with E-state index >= 15 is 0 Å². The maximum Gasteiger partial charge on any atom is 0.338 e. The van der Waals surface area contributed by atoms with Gasteiger partial charge in [0.25, 0.3) is 0 Å². The van der Waals surface area contributed by atoms with Gasteiger partial charge in [0, 0.05) is 44.5 Å². The summed E-state index contributed by atoms with van der Waals surface area (Å²) in [6.45, 7) is 4.51. The number of methoxy groups -OCH3 is 1. The summed E-state index contributed by atoms with van der Waals surface area (Å²) in [6, 6.07) is 15.4. The maximum atomic E-state index is 13.4. The lowest BCUT2D eigenvalue weighted by atomic mass is 10.2. The zero-order chi connectivity index (χ0) is 23.8. The second-order valence-electron chi connectivity index (χ2n) is 8.40. The summed E-state index contributed by atoms with van der Waals surface area (Å²) >= 11 is 0. The van der Waals surface area contributed by atoms with Gasteiger partial charge < -0.3 is 14.5 Å². The van der Waals surface area contributed by atoms with E-state index in [-0.39, 0.29) is 6.03 Å². The van der Waals surface area contributed by atoms with Gasteiger partial charge in [-0.05, 0) is 31.2 Å². The molecule has 174 valence electrons. The Morgan fingerprint density at radius 1 is 1.03 bits per heavy atom. The van der Waals surface area contributed by atoms with Crippen LogP contribution in [0.25, 0.3) is 22.6 Å². The van der Waals surface area contributed by atoms with Crippen LogP contribution in [0, 0.1) is 6.92 Å². The minimum Gasteiger partial charge on any atom is -0.497 e. The molecule has 0 bridgehead atoms. The third-order valence-electron chi connectivity index (χ3n) is 6.26. The van der Waals surface area contributed by atoms with Gasteiger partial charge in [-0.25, -0.2) is 24.1 Å². The van der Waals surface area contributed by atoms with Crippen LogP contribution in [0.5, 0.6) is 5.75 Å². The third-order valence-corrected chi connectivity index (χ3v) is 6.26. The number of aryl methyl sites for hydroxylation is 2. The van der Waals surface area contributed by atoms with Gasteiger partial charge in [0.1, 0.15) is 11.3 Å². The van der Waals surface area contributed by atoms with Gasteiger partial charge >= 0.3 is 11.7 Å². The lowest BCUT2D eigenvalue weighted by Gasteiger charge is -2.36. The van der Waals surface area contributed by atoms with Gasteiger partial charge in [-0.15, -0.1) is 0 Å². The Labute approximate surface area is 196 Å². The van der Waals surface area contributed by atoms with Crippen molar-refractivity contribution in [1.82, 2.24) is 24.0 Å². The number of fused-ring (bicyclic) bond motifs is 1. The molecule has 0 spiro atoms. The van der Waals surface area contributed by atoms with E-state index < -0.39 is 5.69 Å². The predicted molar refractivity (Wildman–Crippen MR) is 131 cm³/mol. The van der Waals surface area contributed by atoms with Gasteiger partial charge in [-0.3, -0.25) is 4.57 Å². The summed E-state index contributed by atoms with van der Waals surface area (Å²) in [6.07, 6.45) is 1.54. The molecule has 0 saturated carbocycles. The number of carbonyl (C=O) groups is 1. The standard InChI is InChI=1S/C25H26N6O3/c1-17-7-9-19(10-8-17)29-11-13-30(14-12-29)25(33)31-21-16-26-22(27-23(21)28(2)24(31)32)18-5-4-6-20(15-18)34-3/h4-10,15-16H,11-14H2,1-3H3. The second kappa shape index (κ2) is 8.66. The quantitative estimate of drug-likeness (QED) is 0.469. The fraction of sp³-hybridized carbons (Fsp3) is 0.280. The van der Waals surface area contributed by atoms with Crippen LogP contribution in [0.3, 0.4) is 0 Å². The number of carbonyl (C=O) groups excluding carboxylic acids is 1. The number of amides is 1. The molecule has 9 heteroatoms. The molecular weight excluding hydrogens is 432 g/mol. The number of ether oxygens (including phenoxy) is 1. The lowest BCUT2D eigenvalue weighted by Crippen LogP contribution is -2.51. The van der Waals surface area contributed by atoms with Crippen molar-refractivity contribution >= 4 is 22.9 Å². The summed E-state index contributed by atoms with van der Waals surface area (Å²) in [5, 5.41) is 0. The molecule has 5 rings (SSSR count). The summed E-state index contributed by atoms with van der Waals surface area (Å²) in [4.78, 5) is 39.4. The number of imidazole rings is 1. The molecule has 34 heavy (non-hydrogen) atoms. The number of rotatable bonds is 3. The Morgan fingerprint density at radius 3 is 2.47 bits per heavy atom. The largest absolute Gasteiger partial charge is 0.497 e. The molecule has 1 aliphatic rings. The first-order valence-corrected chi connectivity index (χ1v) is 11.2. The zero-order valence-electron chi connectivity index (χ0n) is 19.4. The molecular formula is C25H26N6O3. The Balaban J connectivity index is 1.41. The van der Waals surface area contributed by atoms with Crippen LogP contribution in [0.4, 0.5) is 10.5 Å². The van der Waals surface area contributed by atoms with Gasteiger partial charge in [0.05, 0.1) is 13.3 Å². The highest BCUT2D eigenvalue weighted by atomic mass is 16.5. The molecule has 1 saturated heterocycles. The van der Waals surface area contributed by atoms with E-state index in [2.05, 4.69) is 46.1 Å². The molecule has 1 aliphatic heterocycles. The van der Waals surface area contributed by atoms with E-state index in [1.165, 1.54) is 14.7 Å². The van der Waals surface area contributed by atoms with Crippen molar-refractivity contribution in [3.8, 4) is 17.1 Å². The molecule has 1 fully saturated rings. The molecule has 0 unspecified atom stereocenters. The Morgan fingerprint density at radius 2 is 1.76 bits per heavy atom. The van der Waals surface area contributed by atoms with Crippen LogP contribution in [-0.4, -0.2) is 63.3 Å². The number of hydrogen-bond acceptors (Lipinski definition) is 6. The van der Waals surface area contributed by atoms with Crippen LogP contribution in [-0.2, 0) is 7.05 Å². The number of nitrogens with zero attached hydrogens (tertiary/aromatic N) is 6. The average molecular weight is 459 g/mol. The number of aromatic nitrogens is 4. The van der Waals surface area contributed by atoms with E-state index in [1.54, 1.807) is 25.3 Å². The first kappa shape index (κ1) is 21.7.